The van der Waals surface area contributed by atoms with E-state index in [1.807, 2.05) is 0 Å². The molecule has 28 heavy (non-hydrogen) atoms. The van der Waals surface area contributed by atoms with Gasteiger partial charge in [-0.25, -0.2) is 0 Å². The largest absolute Gasteiger partial charge is 0.0651 e. The minimum Gasteiger partial charge on any atom is -0.0651 e. The molecule has 0 amide bonds. The highest BCUT2D eigenvalue weighted by molar-refractivity contribution is 5.92. The van der Waals surface area contributed by atoms with Crippen LogP contribution in [0.3, 0.4) is 0 Å². The van der Waals surface area contributed by atoms with E-state index in [4.69, 9.17) is 0 Å². The van der Waals surface area contributed by atoms with E-state index in [0.29, 0.717) is 5.92 Å². The Morgan fingerprint density at radius 1 is 0.786 bits per heavy atom. The Bertz CT molecular complexity index is 1190. The van der Waals surface area contributed by atoms with Crippen LogP contribution in [0.2, 0.25) is 0 Å². The Labute approximate surface area is 167 Å². The van der Waals surface area contributed by atoms with Gasteiger partial charge in [0, 0.05) is 5.92 Å². The van der Waals surface area contributed by atoms with E-state index in [1.165, 1.54) is 34.2 Å². The highest BCUT2D eigenvalue weighted by Crippen LogP contribution is 2.52. The van der Waals surface area contributed by atoms with Crippen molar-refractivity contribution in [3.8, 4) is 11.1 Å². The minimum absolute atomic E-state index is 0.404. The van der Waals surface area contributed by atoms with E-state index in [-0.39, 0.29) is 0 Å². The molecule has 0 heteroatoms. The first kappa shape index (κ1) is 16.1. The summed E-state index contributed by atoms with van der Waals surface area (Å²) in [7, 11) is 0. The van der Waals surface area contributed by atoms with E-state index in [1.54, 1.807) is 33.4 Å². The van der Waals surface area contributed by atoms with E-state index >= 15 is 0 Å². The SMILES string of the molecule is CC1=Cc2ccccc2C1c1cc2c3c(-c4ccccc4)c1CCC3=C(C)C2. The second-order valence-electron chi connectivity index (χ2n) is 8.61. The van der Waals surface area contributed by atoms with Crippen molar-refractivity contribution in [2.24, 2.45) is 0 Å². The van der Waals surface area contributed by atoms with Crippen LogP contribution in [0.5, 0.6) is 0 Å². The normalized spacial score (nSPS) is 19.1. The third kappa shape index (κ3) is 2.12. The molecule has 3 aromatic rings. The quantitative estimate of drug-likeness (QED) is 0.454. The van der Waals surface area contributed by atoms with Crippen molar-refractivity contribution >= 4 is 11.6 Å². The lowest BCUT2D eigenvalue weighted by Crippen LogP contribution is -2.12. The van der Waals surface area contributed by atoms with Gasteiger partial charge >= 0.3 is 0 Å². The fourth-order valence-electron chi connectivity index (χ4n) is 5.82. The summed E-state index contributed by atoms with van der Waals surface area (Å²) in [4.78, 5) is 0. The van der Waals surface area contributed by atoms with E-state index < -0.39 is 0 Å². The topological polar surface area (TPSA) is 0 Å². The number of fused-ring (bicyclic) bond motifs is 2. The van der Waals surface area contributed by atoms with Crippen molar-refractivity contribution in [2.45, 2.75) is 39.0 Å². The summed E-state index contributed by atoms with van der Waals surface area (Å²) in [6, 6.07) is 22.6. The van der Waals surface area contributed by atoms with Gasteiger partial charge in [0.15, 0.2) is 0 Å². The third-order valence-corrected chi connectivity index (χ3v) is 6.97. The standard InChI is InChI=1S/C28H24/c1-17-14-21-16-25(26-18(2)15-20-10-6-7-11-23(20)26)24-13-12-22(17)28(21)27(24)19-8-4-3-5-9-19/h3-11,15-16,26H,12-14H2,1-2H3. The molecule has 0 saturated heterocycles. The van der Waals surface area contributed by atoms with E-state index in [9.17, 15) is 0 Å². The van der Waals surface area contributed by atoms with Crippen molar-refractivity contribution in [2.75, 3.05) is 0 Å². The number of allylic oxidation sites excluding steroid dienone is 3. The molecule has 136 valence electrons. The number of benzene rings is 3. The van der Waals surface area contributed by atoms with E-state index in [0.717, 1.165) is 12.8 Å². The monoisotopic (exact) mass is 360 g/mol. The summed E-state index contributed by atoms with van der Waals surface area (Å²) in [5.74, 6) is 0.404. The Morgan fingerprint density at radius 2 is 1.57 bits per heavy atom. The molecule has 0 aromatic heterocycles. The van der Waals surface area contributed by atoms with Gasteiger partial charge in [-0.2, -0.15) is 0 Å². The Morgan fingerprint density at radius 3 is 2.43 bits per heavy atom. The van der Waals surface area contributed by atoms with Gasteiger partial charge in [-0.15, -0.1) is 0 Å². The number of hydrogen-bond donors (Lipinski definition) is 0. The lowest BCUT2D eigenvalue weighted by Gasteiger charge is -2.29. The zero-order chi connectivity index (χ0) is 18.8. The predicted molar refractivity (Wildman–Crippen MR) is 118 cm³/mol. The highest BCUT2D eigenvalue weighted by Gasteiger charge is 2.34. The lowest BCUT2D eigenvalue weighted by molar-refractivity contribution is 0.901. The first-order valence-electron chi connectivity index (χ1n) is 10.4. The molecule has 1 unspecified atom stereocenters. The van der Waals surface area contributed by atoms with Gasteiger partial charge < -0.3 is 0 Å². The molecule has 0 saturated carbocycles. The third-order valence-electron chi connectivity index (χ3n) is 6.97. The number of hydrogen-bond acceptors (Lipinski definition) is 0. The summed E-state index contributed by atoms with van der Waals surface area (Å²) in [5, 5.41) is 0. The molecule has 3 aliphatic rings. The molecule has 0 nitrogen and oxygen atoms in total. The molecule has 0 N–H and O–H groups in total. The van der Waals surface area contributed by atoms with Crippen LogP contribution in [0, 0.1) is 0 Å². The van der Waals surface area contributed by atoms with Crippen LogP contribution in [-0.4, -0.2) is 0 Å². The second kappa shape index (κ2) is 5.82. The minimum atomic E-state index is 0.404. The molecule has 3 aromatic carbocycles. The molecule has 0 radical (unpaired) electrons. The molecular weight excluding hydrogens is 336 g/mol. The van der Waals surface area contributed by atoms with Crippen LogP contribution in [0.1, 0.15) is 59.6 Å². The summed E-state index contributed by atoms with van der Waals surface area (Å²) in [5.41, 5.74) is 16.7. The fraction of sp³-hybridized carbons (Fsp3) is 0.214. The Balaban J connectivity index is 1.66. The summed E-state index contributed by atoms with van der Waals surface area (Å²) >= 11 is 0. The van der Waals surface area contributed by atoms with Gasteiger partial charge in [-0.1, -0.05) is 77.9 Å². The smallest absolute Gasteiger partial charge is 0.0308 e. The van der Waals surface area contributed by atoms with Gasteiger partial charge in [-0.05, 0) is 83.2 Å². The van der Waals surface area contributed by atoms with Crippen LogP contribution >= 0.6 is 0 Å². The van der Waals surface area contributed by atoms with Crippen LogP contribution in [0.25, 0.3) is 22.8 Å². The van der Waals surface area contributed by atoms with E-state index in [2.05, 4.69) is 80.6 Å². The molecular formula is C28H24. The molecule has 1 atom stereocenters. The zero-order valence-electron chi connectivity index (χ0n) is 16.5. The first-order valence-corrected chi connectivity index (χ1v) is 10.4. The van der Waals surface area contributed by atoms with Gasteiger partial charge in [0.25, 0.3) is 0 Å². The highest BCUT2D eigenvalue weighted by atomic mass is 14.4. The van der Waals surface area contributed by atoms with Gasteiger partial charge in [-0.3, -0.25) is 0 Å². The molecule has 2 bridgehead atoms. The second-order valence-corrected chi connectivity index (χ2v) is 8.61. The van der Waals surface area contributed by atoms with Crippen LogP contribution in [-0.2, 0) is 12.8 Å². The Hall–Kier alpha value is -2.86. The van der Waals surface area contributed by atoms with Crippen LogP contribution in [0.4, 0.5) is 0 Å². The molecule has 0 heterocycles. The van der Waals surface area contributed by atoms with Crippen molar-refractivity contribution in [3.63, 3.8) is 0 Å². The molecule has 3 aliphatic carbocycles. The molecule has 6 rings (SSSR count). The summed E-state index contributed by atoms with van der Waals surface area (Å²) in [6.45, 7) is 4.65. The maximum atomic E-state index is 2.55. The van der Waals surface area contributed by atoms with Gasteiger partial charge in [0.1, 0.15) is 0 Å². The van der Waals surface area contributed by atoms with Crippen molar-refractivity contribution in [1.82, 2.24) is 0 Å². The summed E-state index contributed by atoms with van der Waals surface area (Å²) < 4.78 is 0. The zero-order valence-corrected chi connectivity index (χ0v) is 16.5. The maximum absolute atomic E-state index is 2.55. The van der Waals surface area contributed by atoms with Crippen LogP contribution in [0.15, 0.2) is 71.8 Å². The van der Waals surface area contributed by atoms with Crippen LogP contribution < -0.4 is 0 Å². The predicted octanol–water partition coefficient (Wildman–Crippen LogP) is 7.18. The van der Waals surface area contributed by atoms with Gasteiger partial charge in [0.05, 0.1) is 0 Å². The maximum Gasteiger partial charge on any atom is 0.0308 e. The van der Waals surface area contributed by atoms with Crippen molar-refractivity contribution in [1.29, 1.82) is 0 Å². The molecule has 0 fully saturated rings. The first-order chi connectivity index (χ1) is 13.7. The average Bonchev–Trinajstić information content (AvgIpc) is 3.24. The summed E-state index contributed by atoms with van der Waals surface area (Å²) in [6.07, 6.45) is 5.87. The Kier molecular flexibility index (Phi) is 3.35. The fourth-order valence-corrected chi connectivity index (χ4v) is 5.82. The van der Waals surface area contributed by atoms with Crippen molar-refractivity contribution < 1.29 is 0 Å². The van der Waals surface area contributed by atoms with Gasteiger partial charge in [0.2, 0.25) is 0 Å². The van der Waals surface area contributed by atoms with Crippen molar-refractivity contribution in [3.05, 3.63) is 105 Å². The average molecular weight is 361 g/mol. The number of rotatable bonds is 2. The molecule has 0 spiro atoms. The lowest BCUT2D eigenvalue weighted by atomic mass is 9.74. The molecule has 0 aliphatic heterocycles.